The zero-order chi connectivity index (χ0) is 10.7. The van der Waals surface area contributed by atoms with Crippen LogP contribution in [0.2, 0.25) is 0 Å². The Labute approximate surface area is 87.2 Å². The minimum absolute atomic E-state index is 0.0488. The summed E-state index contributed by atoms with van der Waals surface area (Å²) in [6.45, 7) is 3.13. The standard InChI is InChI=1S/C9H13N3O3/c1-9(3-14-7-15-4-9)8(13)2-12-6-10-5-11-12/h5-6H,2-4,7H2,1H3. The topological polar surface area (TPSA) is 66.2 Å². The molecule has 6 heteroatoms. The first-order valence-electron chi connectivity index (χ1n) is 4.72. The number of Topliss-reactive ketones (excluding diaryl/α,β-unsaturated/α-hetero) is 1. The summed E-state index contributed by atoms with van der Waals surface area (Å²) >= 11 is 0. The maximum Gasteiger partial charge on any atom is 0.164 e. The van der Waals surface area contributed by atoms with Gasteiger partial charge in [0.1, 0.15) is 26.0 Å². The number of hydrogen-bond donors (Lipinski definition) is 0. The van der Waals surface area contributed by atoms with Gasteiger partial charge < -0.3 is 9.47 Å². The van der Waals surface area contributed by atoms with Gasteiger partial charge in [-0.15, -0.1) is 0 Å². The highest BCUT2D eigenvalue weighted by Crippen LogP contribution is 2.23. The van der Waals surface area contributed by atoms with Gasteiger partial charge in [-0.25, -0.2) is 9.67 Å². The molecule has 1 aromatic heterocycles. The van der Waals surface area contributed by atoms with Crippen LogP contribution in [0.25, 0.3) is 0 Å². The van der Waals surface area contributed by atoms with Gasteiger partial charge in [0.2, 0.25) is 0 Å². The number of carbonyl (C=O) groups excluding carboxylic acids is 1. The van der Waals surface area contributed by atoms with Gasteiger partial charge in [-0.1, -0.05) is 0 Å². The molecule has 6 nitrogen and oxygen atoms in total. The summed E-state index contributed by atoms with van der Waals surface area (Å²) in [6, 6.07) is 0. The third kappa shape index (κ3) is 2.21. The lowest BCUT2D eigenvalue weighted by Gasteiger charge is -2.31. The van der Waals surface area contributed by atoms with E-state index in [4.69, 9.17) is 9.47 Å². The van der Waals surface area contributed by atoms with E-state index in [1.54, 1.807) is 0 Å². The molecular formula is C9H13N3O3. The second-order valence-corrected chi connectivity index (χ2v) is 3.89. The molecule has 1 aromatic rings. The lowest BCUT2D eigenvalue weighted by Crippen LogP contribution is -2.43. The minimum Gasteiger partial charge on any atom is -0.354 e. The van der Waals surface area contributed by atoms with Gasteiger partial charge in [0, 0.05) is 0 Å². The highest BCUT2D eigenvalue weighted by atomic mass is 16.7. The lowest BCUT2D eigenvalue weighted by molar-refractivity contribution is -0.172. The Morgan fingerprint density at radius 2 is 2.27 bits per heavy atom. The first kappa shape index (κ1) is 10.3. The van der Waals surface area contributed by atoms with Gasteiger partial charge in [0.15, 0.2) is 5.78 Å². The molecule has 15 heavy (non-hydrogen) atoms. The molecule has 0 N–H and O–H groups in total. The van der Waals surface area contributed by atoms with E-state index >= 15 is 0 Å². The summed E-state index contributed by atoms with van der Waals surface area (Å²) in [5.74, 6) is 0.0488. The van der Waals surface area contributed by atoms with Gasteiger partial charge in [0.25, 0.3) is 0 Å². The maximum absolute atomic E-state index is 11.9. The zero-order valence-electron chi connectivity index (χ0n) is 8.55. The number of hydrogen-bond acceptors (Lipinski definition) is 5. The van der Waals surface area contributed by atoms with Crippen LogP contribution in [0.5, 0.6) is 0 Å². The third-order valence-corrected chi connectivity index (χ3v) is 2.45. The van der Waals surface area contributed by atoms with Crippen LogP contribution >= 0.6 is 0 Å². The molecule has 1 fully saturated rings. The van der Waals surface area contributed by atoms with E-state index in [-0.39, 0.29) is 19.1 Å². The molecule has 1 aliphatic rings. The number of rotatable bonds is 3. The number of ketones is 1. The Morgan fingerprint density at radius 1 is 1.53 bits per heavy atom. The number of ether oxygens (including phenoxy) is 2. The van der Waals surface area contributed by atoms with E-state index in [0.29, 0.717) is 13.2 Å². The van der Waals surface area contributed by atoms with Gasteiger partial charge in [0.05, 0.1) is 18.6 Å². The van der Waals surface area contributed by atoms with Crippen LogP contribution in [0.1, 0.15) is 6.92 Å². The number of carbonyl (C=O) groups is 1. The third-order valence-electron chi connectivity index (χ3n) is 2.45. The van der Waals surface area contributed by atoms with Crippen LogP contribution in [0.4, 0.5) is 0 Å². The highest BCUT2D eigenvalue weighted by molar-refractivity contribution is 5.84. The molecule has 2 rings (SSSR count). The molecule has 0 aliphatic carbocycles. The molecule has 0 atom stereocenters. The summed E-state index contributed by atoms with van der Waals surface area (Å²) in [7, 11) is 0. The van der Waals surface area contributed by atoms with E-state index in [1.807, 2.05) is 6.92 Å². The van der Waals surface area contributed by atoms with E-state index in [2.05, 4.69) is 10.1 Å². The summed E-state index contributed by atoms with van der Waals surface area (Å²) in [4.78, 5) is 15.7. The summed E-state index contributed by atoms with van der Waals surface area (Å²) in [5, 5.41) is 3.89. The van der Waals surface area contributed by atoms with Crippen molar-refractivity contribution < 1.29 is 14.3 Å². The van der Waals surface area contributed by atoms with Gasteiger partial charge in [-0.2, -0.15) is 5.10 Å². The van der Waals surface area contributed by atoms with E-state index in [9.17, 15) is 4.79 Å². The van der Waals surface area contributed by atoms with Crippen LogP contribution in [-0.4, -0.2) is 40.6 Å². The van der Waals surface area contributed by atoms with Crippen molar-refractivity contribution in [3.63, 3.8) is 0 Å². The fourth-order valence-electron chi connectivity index (χ4n) is 1.45. The van der Waals surface area contributed by atoms with Crippen LogP contribution in [-0.2, 0) is 20.8 Å². The smallest absolute Gasteiger partial charge is 0.164 e. The zero-order valence-corrected chi connectivity index (χ0v) is 8.55. The lowest BCUT2D eigenvalue weighted by atomic mass is 9.87. The Kier molecular flexibility index (Phi) is 2.79. The number of aromatic nitrogens is 3. The molecule has 0 saturated carbocycles. The second-order valence-electron chi connectivity index (χ2n) is 3.89. The van der Waals surface area contributed by atoms with Crippen LogP contribution in [0, 0.1) is 5.41 Å². The van der Waals surface area contributed by atoms with Crippen molar-refractivity contribution in [2.45, 2.75) is 13.5 Å². The molecule has 0 radical (unpaired) electrons. The fraction of sp³-hybridized carbons (Fsp3) is 0.667. The molecule has 0 bridgehead atoms. The molecule has 0 spiro atoms. The minimum atomic E-state index is -0.565. The average molecular weight is 211 g/mol. The highest BCUT2D eigenvalue weighted by Gasteiger charge is 2.36. The first-order chi connectivity index (χ1) is 7.21. The van der Waals surface area contributed by atoms with Crippen molar-refractivity contribution in [2.24, 2.45) is 5.41 Å². The average Bonchev–Trinajstić information content (AvgIpc) is 2.71. The first-order valence-corrected chi connectivity index (χ1v) is 4.72. The maximum atomic E-state index is 11.9. The molecule has 0 amide bonds. The number of nitrogens with zero attached hydrogens (tertiary/aromatic N) is 3. The molecular weight excluding hydrogens is 198 g/mol. The second kappa shape index (κ2) is 4.08. The molecule has 1 aliphatic heterocycles. The van der Waals surface area contributed by atoms with Crippen molar-refractivity contribution in [3.05, 3.63) is 12.7 Å². The van der Waals surface area contributed by atoms with E-state index in [0.717, 1.165) is 0 Å². The molecule has 0 unspecified atom stereocenters. The van der Waals surface area contributed by atoms with Crippen molar-refractivity contribution >= 4 is 5.78 Å². The fourth-order valence-corrected chi connectivity index (χ4v) is 1.45. The normalized spacial score (nSPS) is 20.1. The SMILES string of the molecule is CC1(C(=O)Cn2cncn2)COCOC1. The van der Waals surface area contributed by atoms with Crippen molar-refractivity contribution in [2.75, 3.05) is 20.0 Å². The van der Waals surface area contributed by atoms with Crippen molar-refractivity contribution in [1.29, 1.82) is 0 Å². The van der Waals surface area contributed by atoms with Gasteiger partial charge >= 0.3 is 0 Å². The molecule has 0 aromatic carbocycles. The summed E-state index contributed by atoms with van der Waals surface area (Å²) < 4.78 is 11.8. The van der Waals surface area contributed by atoms with Crippen LogP contribution in [0.15, 0.2) is 12.7 Å². The predicted molar refractivity (Wildman–Crippen MR) is 49.9 cm³/mol. The largest absolute Gasteiger partial charge is 0.354 e. The quantitative estimate of drug-likeness (QED) is 0.696. The van der Waals surface area contributed by atoms with Crippen molar-refractivity contribution in [1.82, 2.24) is 14.8 Å². The Morgan fingerprint density at radius 3 is 2.87 bits per heavy atom. The van der Waals surface area contributed by atoms with E-state index < -0.39 is 5.41 Å². The summed E-state index contributed by atoms with van der Waals surface area (Å²) in [5.41, 5.74) is -0.565. The van der Waals surface area contributed by atoms with E-state index in [1.165, 1.54) is 17.3 Å². The van der Waals surface area contributed by atoms with Crippen LogP contribution < -0.4 is 0 Å². The molecule has 82 valence electrons. The molecule has 2 heterocycles. The van der Waals surface area contributed by atoms with Gasteiger partial charge in [-0.05, 0) is 6.92 Å². The molecule has 1 saturated heterocycles. The van der Waals surface area contributed by atoms with Gasteiger partial charge in [-0.3, -0.25) is 4.79 Å². The summed E-state index contributed by atoms with van der Waals surface area (Å²) in [6.07, 6.45) is 2.93. The monoisotopic (exact) mass is 211 g/mol. The Hall–Kier alpha value is -1.27. The Balaban J connectivity index is 2.00. The van der Waals surface area contributed by atoms with Crippen molar-refractivity contribution in [3.8, 4) is 0 Å². The Bertz CT molecular complexity index is 330. The predicted octanol–water partition coefficient (Wildman–Crippen LogP) is -0.142. The van der Waals surface area contributed by atoms with Crippen LogP contribution in [0.3, 0.4) is 0 Å².